The van der Waals surface area contributed by atoms with E-state index >= 15 is 0 Å². The van der Waals surface area contributed by atoms with Gasteiger partial charge in [0, 0.05) is 5.56 Å². The Morgan fingerprint density at radius 2 is 2.31 bits per heavy atom. The predicted octanol–water partition coefficient (Wildman–Crippen LogP) is 2.02. The molecule has 0 spiro atoms. The number of rotatable bonds is 0. The molecule has 0 aliphatic carbocycles. The SMILES string of the molecule is N#Cc1ccc(F)c2c1OCCC2. The Bertz CT molecular complexity index is 381. The van der Waals surface area contributed by atoms with Gasteiger partial charge in [0.15, 0.2) is 0 Å². The average molecular weight is 177 g/mol. The summed E-state index contributed by atoms with van der Waals surface area (Å²) in [6.07, 6.45) is 1.48. The maximum atomic E-state index is 13.2. The van der Waals surface area contributed by atoms with Gasteiger partial charge in [-0.1, -0.05) is 0 Å². The van der Waals surface area contributed by atoms with Gasteiger partial charge in [0.1, 0.15) is 17.6 Å². The fourth-order valence-corrected chi connectivity index (χ4v) is 1.51. The van der Waals surface area contributed by atoms with Crippen LogP contribution in [0.15, 0.2) is 12.1 Å². The van der Waals surface area contributed by atoms with Gasteiger partial charge in [-0.3, -0.25) is 0 Å². The molecule has 0 unspecified atom stereocenters. The molecule has 1 heterocycles. The summed E-state index contributed by atoms with van der Waals surface area (Å²) < 4.78 is 18.5. The van der Waals surface area contributed by atoms with Crippen LogP contribution in [0.2, 0.25) is 0 Å². The number of hydrogen-bond acceptors (Lipinski definition) is 2. The molecule has 0 aromatic heterocycles. The van der Waals surface area contributed by atoms with Crippen LogP contribution >= 0.6 is 0 Å². The third-order valence-corrected chi connectivity index (χ3v) is 2.14. The monoisotopic (exact) mass is 177 g/mol. The van der Waals surface area contributed by atoms with E-state index in [1.807, 2.05) is 6.07 Å². The Morgan fingerprint density at radius 3 is 3.08 bits per heavy atom. The first-order valence-electron chi connectivity index (χ1n) is 4.17. The average Bonchev–Trinajstić information content (AvgIpc) is 2.19. The summed E-state index contributed by atoms with van der Waals surface area (Å²) in [5.41, 5.74) is 0.974. The van der Waals surface area contributed by atoms with E-state index in [1.165, 1.54) is 12.1 Å². The molecule has 0 saturated heterocycles. The fourth-order valence-electron chi connectivity index (χ4n) is 1.51. The standard InChI is InChI=1S/C10H8FNO/c11-9-4-3-7(6-12)10-8(9)2-1-5-13-10/h3-4H,1-2,5H2. The van der Waals surface area contributed by atoms with Crippen molar-refractivity contribution in [1.82, 2.24) is 0 Å². The van der Waals surface area contributed by atoms with E-state index in [0.717, 1.165) is 6.42 Å². The first kappa shape index (κ1) is 8.06. The number of nitrogens with zero attached hydrogens (tertiary/aromatic N) is 1. The van der Waals surface area contributed by atoms with Crippen molar-refractivity contribution in [3.05, 3.63) is 29.1 Å². The second-order valence-electron chi connectivity index (χ2n) is 2.97. The highest BCUT2D eigenvalue weighted by Crippen LogP contribution is 2.30. The molecule has 0 fully saturated rings. The summed E-state index contributed by atoms with van der Waals surface area (Å²) in [7, 11) is 0. The van der Waals surface area contributed by atoms with E-state index in [9.17, 15) is 4.39 Å². The highest BCUT2D eigenvalue weighted by molar-refractivity contribution is 5.49. The highest BCUT2D eigenvalue weighted by atomic mass is 19.1. The Kier molecular flexibility index (Phi) is 1.90. The second-order valence-corrected chi connectivity index (χ2v) is 2.97. The molecule has 1 aromatic carbocycles. The Balaban J connectivity index is 2.61. The number of benzene rings is 1. The van der Waals surface area contributed by atoms with Crippen molar-refractivity contribution in [2.45, 2.75) is 12.8 Å². The van der Waals surface area contributed by atoms with E-state index in [4.69, 9.17) is 10.00 Å². The van der Waals surface area contributed by atoms with Crippen LogP contribution in [0.25, 0.3) is 0 Å². The molecule has 0 N–H and O–H groups in total. The van der Waals surface area contributed by atoms with Crippen LogP contribution in [0.5, 0.6) is 5.75 Å². The molecule has 3 heteroatoms. The van der Waals surface area contributed by atoms with Crippen LogP contribution in [0, 0.1) is 17.1 Å². The van der Waals surface area contributed by atoms with Gasteiger partial charge in [0.25, 0.3) is 0 Å². The van der Waals surface area contributed by atoms with Gasteiger partial charge in [-0.25, -0.2) is 4.39 Å². The maximum absolute atomic E-state index is 13.2. The maximum Gasteiger partial charge on any atom is 0.143 e. The van der Waals surface area contributed by atoms with Crippen molar-refractivity contribution in [3.8, 4) is 11.8 Å². The molecule has 1 aromatic rings. The topological polar surface area (TPSA) is 33.0 Å². The molecule has 0 bridgehead atoms. The van der Waals surface area contributed by atoms with Crippen LogP contribution in [0.4, 0.5) is 4.39 Å². The van der Waals surface area contributed by atoms with Crippen molar-refractivity contribution in [2.75, 3.05) is 6.61 Å². The molecule has 0 saturated carbocycles. The summed E-state index contributed by atoms with van der Waals surface area (Å²) >= 11 is 0. The van der Waals surface area contributed by atoms with Crippen LogP contribution < -0.4 is 4.74 Å². The van der Waals surface area contributed by atoms with Gasteiger partial charge in [0.2, 0.25) is 0 Å². The molecule has 66 valence electrons. The predicted molar refractivity (Wildman–Crippen MR) is 44.9 cm³/mol. The van der Waals surface area contributed by atoms with Crippen molar-refractivity contribution in [3.63, 3.8) is 0 Å². The van der Waals surface area contributed by atoms with Gasteiger partial charge in [-0.05, 0) is 25.0 Å². The molecule has 2 rings (SSSR count). The van der Waals surface area contributed by atoms with E-state index in [-0.39, 0.29) is 5.82 Å². The minimum absolute atomic E-state index is 0.270. The normalized spacial score (nSPS) is 14.2. The quantitative estimate of drug-likeness (QED) is 0.607. The second kappa shape index (κ2) is 3.06. The minimum Gasteiger partial charge on any atom is -0.492 e. The van der Waals surface area contributed by atoms with Gasteiger partial charge in [-0.2, -0.15) is 5.26 Å². The van der Waals surface area contributed by atoms with Gasteiger partial charge < -0.3 is 4.74 Å². The molecule has 0 radical (unpaired) electrons. The van der Waals surface area contributed by atoms with E-state index in [2.05, 4.69) is 0 Å². The lowest BCUT2D eigenvalue weighted by atomic mass is 10.0. The molecule has 0 amide bonds. The number of halogens is 1. The van der Waals surface area contributed by atoms with Gasteiger partial charge in [0.05, 0.1) is 12.2 Å². The Hall–Kier alpha value is -1.56. The van der Waals surface area contributed by atoms with E-state index < -0.39 is 0 Å². The molecule has 0 atom stereocenters. The van der Waals surface area contributed by atoms with E-state index in [1.54, 1.807) is 0 Å². The minimum atomic E-state index is -0.270. The zero-order chi connectivity index (χ0) is 9.26. The lowest BCUT2D eigenvalue weighted by Crippen LogP contribution is -2.11. The van der Waals surface area contributed by atoms with Gasteiger partial charge >= 0.3 is 0 Å². The first-order valence-corrected chi connectivity index (χ1v) is 4.17. The number of nitriles is 1. The molecule has 1 aliphatic rings. The highest BCUT2D eigenvalue weighted by Gasteiger charge is 2.18. The molecule has 2 nitrogen and oxygen atoms in total. The number of fused-ring (bicyclic) bond motifs is 1. The van der Waals surface area contributed by atoms with Crippen molar-refractivity contribution in [2.24, 2.45) is 0 Å². The van der Waals surface area contributed by atoms with Crippen LogP contribution in [-0.4, -0.2) is 6.61 Å². The summed E-state index contributed by atoms with van der Waals surface area (Å²) in [5.74, 6) is 0.169. The third kappa shape index (κ3) is 1.25. The zero-order valence-corrected chi connectivity index (χ0v) is 7.01. The van der Waals surface area contributed by atoms with Crippen LogP contribution in [-0.2, 0) is 6.42 Å². The molecular formula is C10H8FNO. The van der Waals surface area contributed by atoms with Gasteiger partial charge in [-0.15, -0.1) is 0 Å². The summed E-state index contributed by atoms with van der Waals surface area (Å²) in [6, 6.07) is 4.77. The third-order valence-electron chi connectivity index (χ3n) is 2.14. The molecular weight excluding hydrogens is 169 g/mol. The number of ether oxygens (including phenoxy) is 1. The van der Waals surface area contributed by atoms with Crippen molar-refractivity contribution < 1.29 is 9.13 Å². The lowest BCUT2D eigenvalue weighted by Gasteiger charge is -2.18. The number of hydrogen-bond donors (Lipinski definition) is 0. The summed E-state index contributed by atoms with van der Waals surface area (Å²) in [4.78, 5) is 0. The molecule has 1 aliphatic heterocycles. The summed E-state index contributed by atoms with van der Waals surface area (Å²) in [6.45, 7) is 0.575. The zero-order valence-electron chi connectivity index (χ0n) is 7.01. The lowest BCUT2D eigenvalue weighted by molar-refractivity contribution is 0.283. The largest absolute Gasteiger partial charge is 0.492 e. The fraction of sp³-hybridized carbons (Fsp3) is 0.300. The van der Waals surface area contributed by atoms with Crippen LogP contribution in [0.3, 0.4) is 0 Å². The Labute approximate surface area is 75.6 Å². The summed E-state index contributed by atoms with van der Waals surface area (Å²) in [5, 5.41) is 8.73. The van der Waals surface area contributed by atoms with E-state index in [0.29, 0.717) is 29.9 Å². The van der Waals surface area contributed by atoms with Crippen molar-refractivity contribution in [1.29, 1.82) is 5.26 Å². The van der Waals surface area contributed by atoms with Crippen molar-refractivity contribution >= 4 is 0 Å². The first-order chi connectivity index (χ1) is 6.33. The smallest absolute Gasteiger partial charge is 0.143 e. The Morgan fingerprint density at radius 1 is 1.46 bits per heavy atom. The molecule has 13 heavy (non-hydrogen) atoms. The van der Waals surface area contributed by atoms with Crippen LogP contribution in [0.1, 0.15) is 17.5 Å².